The van der Waals surface area contributed by atoms with Gasteiger partial charge in [0.25, 0.3) is 0 Å². The topological polar surface area (TPSA) is 37.8 Å². The molecule has 0 radical (unpaired) electrons. The summed E-state index contributed by atoms with van der Waals surface area (Å²) in [4.78, 5) is 6.92. The highest BCUT2D eigenvalue weighted by Crippen LogP contribution is 2.29. The first-order valence-corrected chi connectivity index (χ1v) is 5.67. The molecule has 1 aliphatic rings. The van der Waals surface area contributed by atoms with Crippen molar-refractivity contribution in [2.24, 2.45) is 0 Å². The highest BCUT2D eigenvalue weighted by atomic mass is 35.5. The van der Waals surface area contributed by atoms with Gasteiger partial charge in [-0.2, -0.15) is 13.2 Å². The fourth-order valence-corrected chi connectivity index (χ4v) is 1.97. The zero-order chi connectivity index (χ0) is 13.2. The Hall–Kier alpha value is -0.950. The van der Waals surface area contributed by atoms with E-state index in [1.807, 2.05) is 0 Å². The van der Waals surface area contributed by atoms with Crippen molar-refractivity contribution in [2.75, 3.05) is 13.1 Å². The summed E-state index contributed by atoms with van der Waals surface area (Å²) < 4.78 is 51.1. The molecule has 0 amide bonds. The molecule has 0 saturated carbocycles. The number of rotatable bonds is 2. The van der Waals surface area contributed by atoms with Crippen molar-refractivity contribution < 1.29 is 17.6 Å². The van der Waals surface area contributed by atoms with Gasteiger partial charge in [-0.3, -0.25) is 4.98 Å². The summed E-state index contributed by atoms with van der Waals surface area (Å²) >= 11 is 0. The molecule has 1 aliphatic heterocycles. The Morgan fingerprint density at radius 2 is 1.79 bits per heavy atom. The molecule has 3 nitrogen and oxygen atoms in total. The standard InChI is InChI=1S/C11H13F4N3.ClH/c12-10(1-3-16-4-2-10)5-8-6-18-9(7-17-8)11(13,14)15;/h6-7,16H,1-5H2;1H. The Morgan fingerprint density at radius 1 is 1.16 bits per heavy atom. The third-order valence-electron chi connectivity index (χ3n) is 2.99. The van der Waals surface area contributed by atoms with E-state index in [4.69, 9.17) is 0 Å². The molecular formula is C11H14ClF4N3. The Morgan fingerprint density at radius 3 is 2.26 bits per heavy atom. The van der Waals surface area contributed by atoms with Crippen molar-refractivity contribution in [3.8, 4) is 0 Å². The molecule has 0 spiro atoms. The Labute approximate surface area is 114 Å². The van der Waals surface area contributed by atoms with Crippen LogP contribution in [-0.2, 0) is 12.6 Å². The number of piperidine rings is 1. The zero-order valence-electron chi connectivity index (χ0n) is 10.0. The quantitative estimate of drug-likeness (QED) is 0.853. The predicted octanol–water partition coefficient (Wildman–Crippen LogP) is 2.55. The monoisotopic (exact) mass is 299 g/mol. The molecule has 0 aromatic carbocycles. The van der Waals surface area contributed by atoms with Crippen molar-refractivity contribution in [1.29, 1.82) is 0 Å². The van der Waals surface area contributed by atoms with Crippen LogP contribution in [0.3, 0.4) is 0 Å². The van der Waals surface area contributed by atoms with E-state index in [0.29, 0.717) is 32.1 Å². The third-order valence-corrected chi connectivity index (χ3v) is 2.99. The number of halogens is 5. The molecule has 108 valence electrons. The minimum atomic E-state index is -4.51. The van der Waals surface area contributed by atoms with Crippen LogP contribution in [0.4, 0.5) is 17.6 Å². The summed E-state index contributed by atoms with van der Waals surface area (Å²) in [6, 6.07) is 0. The second-order valence-electron chi connectivity index (χ2n) is 4.47. The summed E-state index contributed by atoms with van der Waals surface area (Å²) in [5.74, 6) is 0. The maximum atomic E-state index is 14.3. The molecule has 19 heavy (non-hydrogen) atoms. The summed E-state index contributed by atoms with van der Waals surface area (Å²) in [6.07, 6.45) is -2.15. The van der Waals surface area contributed by atoms with Gasteiger partial charge in [0.2, 0.25) is 0 Å². The van der Waals surface area contributed by atoms with E-state index in [-0.39, 0.29) is 24.5 Å². The number of hydrogen-bond acceptors (Lipinski definition) is 3. The lowest BCUT2D eigenvalue weighted by atomic mass is 9.90. The van der Waals surface area contributed by atoms with Gasteiger partial charge in [0.15, 0.2) is 5.69 Å². The number of nitrogens with zero attached hydrogens (tertiary/aromatic N) is 2. The third kappa shape index (κ3) is 4.28. The van der Waals surface area contributed by atoms with Gasteiger partial charge < -0.3 is 5.32 Å². The summed E-state index contributed by atoms with van der Waals surface area (Å²) in [7, 11) is 0. The van der Waals surface area contributed by atoms with Gasteiger partial charge >= 0.3 is 6.18 Å². The second kappa shape index (κ2) is 6.00. The van der Waals surface area contributed by atoms with E-state index >= 15 is 0 Å². The van der Waals surface area contributed by atoms with Gasteiger partial charge in [-0.25, -0.2) is 9.37 Å². The Kier molecular flexibility index (Phi) is 5.09. The van der Waals surface area contributed by atoms with Crippen LogP contribution in [0, 0.1) is 0 Å². The molecule has 0 atom stereocenters. The predicted molar refractivity (Wildman–Crippen MR) is 63.9 cm³/mol. The Bertz CT molecular complexity index is 401. The van der Waals surface area contributed by atoms with E-state index in [1.54, 1.807) is 0 Å². The van der Waals surface area contributed by atoms with Gasteiger partial charge in [0.05, 0.1) is 11.9 Å². The maximum Gasteiger partial charge on any atom is 0.434 e. The lowest BCUT2D eigenvalue weighted by Gasteiger charge is -2.29. The van der Waals surface area contributed by atoms with Crippen LogP contribution >= 0.6 is 12.4 Å². The molecule has 1 saturated heterocycles. The first-order chi connectivity index (χ1) is 8.39. The minimum absolute atomic E-state index is 0. The second-order valence-corrected chi connectivity index (χ2v) is 4.47. The molecule has 1 N–H and O–H groups in total. The van der Waals surface area contributed by atoms with Crippen LogP contribution in [0.2, 0.25) is 0 Å². The van der Waals surface area contributed by atoms with Gasteiger partial charge in [-0.1, -0.05) is 0 Å². The molecule has 2 heterocycles. The lowest BCUT2D eigenvalue weighted by Crippen LogP contribution is -2.40. The highest BCUT2D eigenvalue weighted by Gasteiger charge is 2.34. The average molecular weight is 300 g/mol. The van der Waals surface area contributed by atoms with Crippen molar-refractivity contribution >= 4 is 12.4 Å². The molecule has 1 aromatic heterocycles. The normalized spacial score (nSPS) is 18.7. The fraction of sp³-hybridized carbons (Fsp3) is 0.636. The number of nitrogens with one attached hydrogen (secondary N) is 1. The van der Waals surface area contributed by atoms with Gasteiger partial charge in [0, 0.05) is 12.6 Å². The van der Waals surface area contributed by atoms with E-state index in [2.05, 4.69) is 15.3 Å². The number of hydrogen-bond donors (Lipinski definition) is 1. The summed E-state index contributed by atoms with van der Waals surface area (Å²) in [5.41, 5.74) is -2.18. The van der Waals surface area contributed by atoms with Crippen LogP contribution in [0.1, 0.15) is 24.2 Å². The summed E-state index contributed by atoms with van der Waals surface area (Å²) in [5, 5.41) is 3.03. The fourth-order valence-electron chi connectivity index (χ4n) is 1.97. The first-order valence-electron chi connectivity index (χ1n) is 5.67. The van der Waals surface area contributed by atoms with E-state index in [9.17, 15) is 17.6 Å². The Balaban J connectivity index is 0.00000180. The molecule has 1 fully saturated rings. The molecule has 1 aromatic rings. The van der Waals surface area contributed by atoms with Crippen molar-refractivity contribution in [3.05, 3.63) is 23.8 Å². The van der Waals surface area contributed by atoms with Gasteiger partial charge in [-0.05, 0) is 25.9 Å². The van der Waals surface area contributed by atoms with E-state index in [0.717, 1.165) is 6.20 Å². The average Bonchev–Trinajstić information content (AvgIpc) is 2.29. The molecule has 0 unspecified atom stereocenters. The minimum Gasteiger partial charge on any atom is -0.316 e. The number of aromatic nitrogens is 2. The molecule has 0 aliphatic carbocycles. The molecule has 8 heteroatoms. The molecular weight excluding hydrogens is 286 g/mol. The van der Waals surface area contributed by atoms with Crippen LogP contribution in [0.15, 0.2) is 12.4 Å². The number of alkyl halides is 4. The van der Waals surface area contributed by atoms with E-state index < -0.39 is 17.5 Å². The highest BCUT2D eigenvalue weighted by molar-refractivity contribution is 5.85. The lowest BCUT2D eigenvalue weighted by molar-refractivity contribution is -0.141. The largest absolute Gasteiger partial charge is 0.434 e. The van der Waals surface area contributed by atoms with Crippen molar-refractivity contribution in [3.63, 3.8) is 0 Å². The molecule has 2 rings (SSSR count). The molecule has 0 bridgehead atoms. The van der Waals surface area contributed by atoms with Gasteiger partial charge in [0.1, 0.15) is 5.67 Å². The maximum absolute atomic E-state index is 14.3. The first kappa shape index (κ1) is 16.1. The smallest absolute Gasteiger partial charge is 0.316 e. The van der Waals surface area contributed by atoms with Crippen LogP contribution in [-0.4, -0.2) is 28.7 Å². The van der Waals surface area contributed by atoms with Crippen molar-refractivity contribution in [2.45, 2.75) is 31.1 Å². The summed E-state index contributed by atoms with van der Waals surface area (Å²) in [6.45, 7) is 1.15. The zero-order valence-corrected chi connectivity index (χ0v) is 10.8. The van der Waals surface area contributed by atoms with Gasteiger partial charge in [-0.15, -0.1) is 12.4 Å². The van der Waals surface area contributed by atoms with E-state index in [1.165, 1.54) is 0 Å². The van der Waals surface area contributed by atoms with Crippen LogP contribution < -0.4 is 5.32 Å². The van der Waals surface area contributed by atoms with Crippen molar-refractivity contribution in [1.82, 2.24) is 15.3 Å². The van der Waals surface area contributed by atoms with Crippen LogP contribution in [0.5, 0.6) is 0 Å². The van der Waals surface area contributed by atoms with Crippen LogP contribution in [0.25, 0.3) is 0 Å². The SMILES string of the molecule is Cl.FC1(Cc2cnc(C(F)(F)F)cn2)CCNCC1.